The van der Waals surface area contributed by atoms with Crippen LogP contribution in [0.5, 0.6) is 0 Å². The number of hydrogen-bond donors (Lipinski definition) is 2. The summed E-state index contributed by atoms with van der Waals surface area (Å²) in [6.45, 7) is 0. The molecule has 126 valence electrons. The van der Waals surface area contributed by atoms with Crippen molar-refractivity contribution in [2.45, 2.75) is 4.90 Å². The fourth-order valence-corrected chi connectivity index (χ4v) is 3.91. The lowest BCUT2D eigenvalue weighted by Crippen LogP contribution is -2.12. The molecule has 4 aromatic rings. The van der Waals surface area contributed by atoms with Crippen LogP contribution in [0, 0.1) is 5.82 Å². The zero-order valence-corrected chi connectivity index (χ0v) is 13.4. The second-order valence-electron chi connectivity index (χ2n) is 5.43. The number of benzene rings is 2. The zero-order chi connectivity index (χ0) is 17.6. The third kappa shape index (κ3) is 2.66. The third-order valence-corrected chi connectivity index (χ3v) is 5.19. The van der Waals surface area contributed by atoms with Crippen molar-refractivity contribution < 1.29 is 17.2 Å². The number of nitrogens with one attached hydrogen (secondary N) is 2. The van der Waals surface area contributed by atoms with Crippen LogP contribution in [0.1, 0.15) is 0 Å². The summed E-state index contributed by atoms with van der Waals surface area (Å²) < 4.78 is 46.8. The van der Waals surface area contributed by atoms with Crippen LogP contribution in [0.2, 0.25) is 0 Å². The van der Waals surface area contributed by atoms with Crippen LogP contribution < -0.4 is 10.3 Å². The van der Waals surface area contributed by atoms with Crippen LogP contribution in [0.4, 0.5) is 10.1 Å². The Kier molecular flexibility index (Phi) is 3.36. The maximum absolute atomic E-state index is 14.0. The van der Waals surface area contributed by atoms with Gasteiger partial charge in [0, 0.05) is 28.9 Å². The molecule has 0 atom stereocenters. The second-order valence-corrected chi connectivity index (χ2v) is 7.08. The molecule has 0 aliphatic carbocycles. The molecule has 0 amide bonds. The highest BCUT2D eigenvalue weighted by atomic mass is 32.2. The molecule has 8 heteroatoms. The minimum Gasteiger partial charge on any atom is -0.423 e. The molecule has 2 aromatic carbocycles. The molecular formula is C17H11FN2O4S. The Balaban J connectivity index is 1.78. The topological polar surface area (TPSA) is 92.2 Å². The van der Waals surface area contributed by atoms with Crippen LogP contribution in [-0.2, 0) is 10.0 Å². The lowest BCUT2D eigenvalue weighted by molar-refractivity contribution is 0.561. The number of sulfonamides is 1. The summed E-state index contributed by atoms with van der Waals surface area (Å²) in [7, 11) is -4.01. The van der Waals surface area contributed by atoms with E-state index in [1.807, 2.05) is 0 Å². The molecule has 0 radical (unpaired) electrons. The summed E-state index contributed by atoms with van der Waals surface area (Å²) in [4.78, 5) is 13.8. The molecular weight excluding hydrogens is 347 g/mol. The number of aromatic nitrogens is 1. The summed E-state index contributed by atoms with van der Waals surface area (Å²) in [5.41, 5.74) is 0.511. The molecule has 0 aliphatic heterocycles. The van der Waals surface area contributed by atoms with E-state index in [-0.39, 0.29) is 16.0 Å². The Bertz CT molecular complexity index is 1270. The van der Waals surface area contributed by atoms with Gasteiger partial charge >= 0.3 is 5.63 Å². The molecule has 2 heterocycles. The number of fused-ring (bicyclic) bond motifs is 2. The SMILES string of the molecule is O=c1ccc2cc(NS(=O)(=O)c3c[nH]c4cccc(F)c34)ccc2o1. The van der Waals surface area contributed by atoms with E-state index >= 15 is 0 Å². The minimum atomic E-state index is -4.01. The van der Waals surface area contributed by atoms with E-state index in [0.29, 0.717) is 16.5 Å². The van der Waals surface area contributed by atoms with Crippen molar-refractivity contribution in [3.63, 3.8) is 0 Å². The van der Waals surface area contributed by atoms with E-state index in [1.165, 1.54) is 48.7 Å². The Labute approximate surface area is 141 Å². The third-order valence-electron chi connectivity index (χ3n) is 3.78. The van der Waals surface area contributed by atoms with E-state index < -0.39 is 21.5 Å². The van der Waals surface area contributed by atoms with Crippen LogP contribution in [-0.4, -0.2) is 13.4 Å². The molecule has 0 spiro atoms. The van der Waals surface area contributed by atoms with Gasteiger partial charge in [0.2, 0.25) is 0 Å². The first-order valence-electron chi connectivity index (χ1n) is 7.26. The quantitative estimate of drug-likeness (QED) is 0.550. The first-order valence-corrected chi connectivity index (χ1v) is 8.75. The molecule has 6 nitrogen and oxygen atoms in total. The monoisotopic (exact) mass is 358 g/mol. The van der Waals surface area contributed by atoms with Gasteiger partial charge in [0.15, 0.2) is 0 Å². The Morgan fingerprint density at radius 1 is 1.08 bits per heavy atom. The molecule has 0 unspecified atom stereocenters. The van der Waals surface area contributed by atoms with Gasteiger partial charge in [-0.2, -0.15) is 0 Å². The number of rotatable bonds is 3. The lowest BCUT2D eigenvalue weighted by Gasteiger charge is -2.08. The molecule has 2 aromatic heterocycles. The standard InChI is InChI=1S/C17H11FN2O4S/c18-12-2-1-3-13-17(12)15(9-19-13)25(22,23)20-11-5-6-14-10(8-11)4-7-16(21)24-14/h1-9,19-20H. The summed E-state index contributed by atoms with van der Waals surface area (Å²) in [6.07, 6.45) is 1.25. The first kappa shape index (κ1) is 15.4. The maximum Gasteiger partial charge on any atom is 0.336 e. The Hall–Kier alpha value is -3.13. The number of aromatic amines is 1. The van der Waals surface area contributed by atoms with E-state index in [9.17, 15) is 17.6 Å². The van der Waals surface area contributed by atoms with Gasteiger partial charge in [-0.1, -0.05) is 6.07 Å². The van der Waals surface area contributed by atoms with Gasteiger partial charge in [-0.15, -0.1) is 0 Å². The van der Waals surface area contributed by atoms with Crippen molar-refractivity contribution in [2.24, 2.45) is 0 Å². The number of H-pyrrole nitrogens is 1. The van der Waals surface area contributed by atoms with E-state index in [0.717, 1.165) is 0 Å². The molecule has 0 fully saturated rings. The van der Waals surface area contributed by atoms with E-state index in [2.05, 4.69) is 9.71 Å². The van der Waals surface area contributed by atoms with Crippen LogP contribution in [0.15, 0.2) is 68.8 Å². The highest BCUT2D eigenvalue weighted by molar-refractivity contribution is 7.93. The molecule has 0 saturated carbocycles. The van der Waals surface area contributed by atoms with Crippen LogP contribution in [0.3, 0.4) is 0 Å². The second kappa shape index (κ2) is 5.45. The van der Waals surface area contributed by atoms with Gasteiger partial charge in [-0.25, -0.2) is 17.6 Å². The highest BCUT2D eigenvalue weighted by Gasteiger charge is 2.21. The smallest absolute Gasteiger partial charge is 0.336 e. The summed E-state index contributed by atoms with van der Waals surface area (Å²) in [5.74, 6) is -0.626. The van der Waals surface area contributed by atoms with Gasteiger partial charge in [0.05, 0.1) is 5.39 Å². The van der Waals surface area contributed by atoms with Crippen LogP contribution in [0.25, 0.3) is 21.9 Å². The van der Waals surface area contributed by atoms with Crippen molar-refractivity contribution in [2.75, 3.05) is 4.72 Å². The zero-order valence-electron chi connectivity index (χ0n) is 12.6. The van der Waals surface area contributed by atoms with Crippen LogP contribution >= 0.6 is 0 Å². The predicted molar refractivity (Wildman–Crippen MR) is 91.5 cm³/mol. The van der Waals surface area contributed by atoms with E-state index in [1.54, 1.807) is 6.07 Å². The predicted octanol–water partition coefficient (Wildman–Crippen LogP) is 3.21. The van der Waals surface area contributed by atoms with E-state index in [4.69, 9.17) is 4.42 Å². The van der Waals surface area contributed by atoms with Gasteiger partial charge in [0.1, 0.15) is 16.3 Å². The first-order chi connectivity index (χ1) is 11.9. The number of anilines is 1. The Morgan fingerprint density at radius 2 is 1.92 bits per heavy atom. The average molecular weight is 358 g/mol. The average Bonchev–Trinajstić information content (AvgIpc) is 3.01. The molecule has 2 N–H and O–H groups in total. The van der Waals surface area contributed by atoms with Crippen molar-refractivity contribution in [3.05, 3.63) is 71.0 Å². The fraction of sp³-hybridized carbons (Fsp3) is 0. The summed E-state index contributed by atoms with van der Waals surface area (Å²) in [6, 6.07) is 11.6. The summed E-state index contributed by atoms with van der Waals surface area (Å²) >= 11 is 0. The lowest BCUT2D eigenvalue weighted by atomic mass is 10.2. The Morgan fingerprint density at radius 3 is 2.76 bits per heavy atom. The van der Waals surface area contributed by atoms with Gasteiger partial charge in [-0.05, 0) is 36.4 Å². The molecule has 0 aliphatic rings. The van der Waals surface area contributed by atoms with Gasteiger partial charge < -0.3 is 9.40 Å². The van der Waals surface area contributed by atoms with Crippen molar-refractivity contribution in [3.8, 4) is 0 Å². The van der Waals surface area contributed by atoms with Crippen molar-refractivity contribution >= 4 is 37.6 Å². The normalized spacial score (nSPS) is 11.9. The fourth-order valence-electron chi connectivity index (χ4n) is 2.67. The molecule has 25 heavy (non-hydrogen) atoms. The molecule has 4 rings (SSSR count). The highest BCUT2D eigenvalue weighted by Crippen LogP contribution is 2.27. The van der Waals surface area contributed by atoms with Crippen molar-refractivity contribution in [1.82, 2.24) is 4.98 Å². The minimum absolute atomic E-state index is 0.00165. The number of hydrogen-bond acceptors (Lipinski definition) is 4. The van der Waals surface area contributed by atoms with Gasteiger partial charge in [-0.3, -0.25) is 4.72 Å². The summed E-state index contributed by atoms with van der Waals surface area (Å²) in [5, 5.41) is 0.562. The van der Waals surface area contributed by atoms with Gasteiger partial charge in [0.25, 0.3) is 10.0 Å². The maximum atomic E-state index is 14.0. The number of halogens is 1. The largest absolute Gasteiger partial charge is 0.423 e. The molecule has 0 bridgehead atoms. The van der Waals surface area contributed by atoms with Crippen molar-refractivity contribution in [1.29, 1.82) is 0 Å². The molecule has 0 saturated heterocycles.